The molecule has 0 saturated carbocycles. The Balaban J connectivity index is 1.45. The van der Waals surface area contributed by atoms with Gasteiger partial charge in [0.15, 0.2) is 5.69 Å². The molecule has 2 atom stereocenters. The number of nitrogens with zero attached hydrogens (tertiary/aromatic N) is 6. The van der Waals surface area contributed by atoms with Crippen LogP contribution >= 0.6 is 0 Å². The van der Waals surface area contributed by atoms with Crippen molar-refractivity contribution >= 4 is 17.5 Å². The molecule has 2 N–H and O–H groups in total. The van der Waals surface area contributed by atoms with Crippen LogP contribution in [0.3, 0.4) is 0 Å². The van der Waals surface area contributed by atoms with E-state index in [0.29, 0.717) is 31.7 Å². The number of aliphatic hydroxyl groups excluding tert-OH is 1. The summed E-state index contributed by atoms with van der Waals surface area (Å²) in [6.45, 7) is 0.943. The number of aliphatic hydroxyl groups is 1. The van der Waals surface area contributed by atoms with Crippen molar-refractivity contribution in [1.82, 2.24) is 19.7 Å². The van der Waals surface area contributed by atoms with E-state index in [1.165, 1.54) is 17.1 Å². The summed E-state index contributed by atoms with van der Waals surface area (Å²) >= 11 is 0. The van der Waals surface area contributed by atoms with Crippen LogP contribution in [0, 0.1) is 11.3 Å². The third kappa shape index (κ3) is 4.96. The lowest BCUT2D eigenvalue weighted by molar-refractivity contribution is -0.177. The first-order valence-electron chi connectivity index (χ1n) is 13.5. The third-order valence-corrected chi connectivity index (χ3v) is 7.90. The van der Waals surface area contributed by atoms with Gasteiger partial charge in [0.05, 0.1) is 18.1 Å². The van der Waals surface area contributed by atoms with E-state index in [2.05, 4.69) is 15.3 Å². The Labute approximate surface area is 239 Å². The van der Waals surface area contributed by atoms with Crippen LogP contribution in [0.4, 0.5) is 24.8 Å². The lowest BCUT2D eigenvalue weighted by atomic mass is 9.82. The maximum atomic E-state index is 14.6. The quantitative estimate of drug-likeness (QED) is 0.360. The van der Waals surface area contributed by atoms with Gasteiger partial charge in [-0.1, -0.05) is 60.7 Å². The molecule has 0 radical (unpaired) electrons. The van der Waals surface area contributed by atoms with Crippen LogP contribution in [0.15, 0.2) is 73.1 Å². The number of hydrogen-bond donors (Lipinski definition) is 2. The maximum Gasteiger partial charge on any atom is 0.398 e. The van der Waals surface area contributed by atoms with Crippen LogP contribution in [-0.4, -0.2) is 56.1 Å². The minimum Gasteiger partial charge on any atom is -0.382 e. The van der Waals surface area contributed by atoms with Gasteiger partial charge in [-0.15, -0.1) is 0 Å². The van der Waals surface area contributed by atoms with Gasteiger partial charge in [0.25, 0.3) is 5.91 Å². The second-order valence-electron chi connectivity index (χ2n) is 10.4. The fourth-order valence-corrected chi connectivity index (χ4v) is 5.90. The summed E-state index contributed by atoms with van der Waals surface area (Å²) in [7, 11) is 0. The van der Waals surface area contributed by atoms with Crippen LogP contribution in [0.25, 0.3) is 0 Å². The lowest BCUT2D eigenvalue weighted by Crippen LogP contribution is -2.45. The number of carbonyl (C=O) groups is 1. The number of anilines is 2. The maximum absolute atomic E-state index is 14.6. The van der Waals surface area contributed by atoms with Crippen molar-refractivity contribution in [3.05, 3.63) is 101 Å². The number of hydrogen-bond acceptors (Lipinski definition) is 7. The van der Waals surface area contributed by atoms with Gasteiger partial charge >= 0.3 is 6.18 Å². The molecule has 42 heavy (non-hydrogen) atoms. The van der Waals surface area contributed by atoms with Crippen LogP contribution < -0.4 is 10.2 Å². The Morgan fingerprint density at radius 1 is 0.976 bits per heavy atom. The van der Waals surface area contributed by atoms with Crippen LogP contribution in [0.5, 0.6) is 0 Å². The average molecular weight is 574 g/mol. The molecule has 214 valence electrons. The number of benzene rings is 2. The van der Waals surface area contributed by atoms with E-state index < -0.39 is 30.1 Å². The molecule has 9 nitrogen and oxygen atoms in total. The number of aromatic nitrogens is 4. The summed E-state index contributed by atoms with van der Waals surface area (Å²) in [5, 5.41) is 26.9. The van der Waals surface area contributed by atoms with Gasteiger partial charge in [-0.2, -0.15) is 23.5 Å². The second kappa shape index (κ2) is 10.9. The van der Waals surface area contributed by atoms with E-state index in [1.54, 1.807) is 0 Å². The minimum atomic E-state index is -4.89. The molecule has 2 aromatic carbocycles. The molecule has 2 unspecified atom stereocenters. The second-order valence-corrected chi connectivity index (χ2v) is 10.4. The first kappa shape index (κ1) is 27.4. The fourth-order valence-electron chi connectivity index (χ4n) is 5.90. The van der Waals surface area contributed by atoms with Crippen LogP contribution in [-0.2, 0) is 4.79 Å². The van der Waals surface area contributed by atoms with Gasteiger partial charge in [0.2, 0.25) is 0 Å². The predicted octanol–water partition coefficient (Wildman–Crippen LogP) is 4.53. The van der Waals surface area contributed by atoms with Crippen molar-refractivity contribution in [3.63, 3.8) is 0 Å². The molecule has 0 spiro atoms. The molecule has 0 bridgehead atoms. The first-order chi connectivity index (χ1) is 20.3. The van der Waals surface area contributed by atoms with E-state index in [0.717, 1.165) is 11.1 Å². The van der Waals surface area contributed by atoms with Gasteiger partial charge in [0, 0.05) is 24.6 Å². The number of fused-ring (bicyclic) bond motifs is 1. The first-order valence-corrected chi connectivity index (χ1v) is 13.5. The molecule has 1 amide bonds. The highest BCUT2D eigenvalue weighted by atomic mass is 19.4. The third-order valence-electron chi connectivity index (χ3n) is 7.90. The molecule has 1 fully saturated rings. The average Bonchev–Trinajstić information content (AvgIpc) is 3.36. The van der Waals surface area contributed by atoms with Crippen molar-refractivity contribution in [2.75, 3.05) is 23.3 Å². The van der Waals surface area contributed by atoms with Crippen molar-refractivity contribution in [2.24, 2.45) is 0 Å². The Kier molecular flexibility index (Phi) is 7.12. The number of piperidine rings is 1. The Bertz CT molecular complexity index is 1570. The number of carbonyl (C=O) groups excluding carboxylic acids is 1. The Morgan fingerprint density at radius 2 is 1.60 bits per heavy atom. The highest BCUT2D eigenvalue weighted by molar-refractivity contribution is 5.97. The van der Waals surface area contributed by atoms with E-state index in [1.807, 2.05) is 71.6 Å². The summed E-state index contributed by atoms with van der Waals surface area (Å²) in [4.78, 5) is 23.1. The number of rotatable bonds is 5. The van der Waals surface area contributed by atoms with E-state index in [4.69, 9.17) is 10.4 Å². The Morgan fingerprint density at radius 3 is 2.12 bits per heavy atom. The number of halogens is 3. The molecule has 2 aromatic heterocycles. The minimum absolute atomic E-state index is 0.0549. The number of nitrogens with one attached hydrogen (secondary N) is 1. The van der Waals surface area contributed by atoms with E-state index in [9.17, 15) is 23.1 Å². The van der Waals surface area contributed by atoms with Gasteiger partial charge in [0.1, 0.15) is 35.8 Å². The zero-order valence-corrected chi connectivity index (χ0v) is 22.2. The monoisotopic (exact) mass is 573 g/mol. The van der Waals surface area contributed by atoms with Crippen molar-refractivity contribution in [2.45, 2.75) is 43.0 Å². The molecule has 4 heterocycles. The molecule has 2 aliphatic rings. The molecular formula is C30H26F3N7O2. The summed E-state index contributed by atoms with van der Waals surface area (Å²) < 4.78 is 45.2. The zero-order valence-electron chi connectivity index (χ0n) is 22.2. The van der Waals surface area contributed by atoms with Gasteiger partial charge in [-0.25, -0.2) is 14.6 Å². The molecule has 1 saturated heterocycles. The predicted molar refractivity (Wildman–Crippen MR) is 147 cm³/mol. The van der Waals surface area contributed by atoms with Crippen molar-refractivity contribution in [3.8, 4) is 6.07 Å². The highest BCUT2D eigenvalue weighted by Crippen LogP contribution is 2.49. The summed E-state index contributed by atoms with van der Waals surface area (Å²) in [6.07, 6.45) is -3.38. The van der Waals surface area contributed by atoms with Crippen molar-refractivity contribution in [1.29, 1.82) is 5.26 Å². The zero-order chi connectivity index (χ0) is 29.4. The van der Waals surface area contributed by atoms with Gasteiger partial charge in [-0.05, 0) is 24.0 Å². The molecule has 6 rings (SSSR count). The topological polar surface area (TPSA) is 120 Å². The highest BCUT2D eigenvalue weighted by Gasteiger charge is 2.54. The number of nitriles is 1. The van der Waals surface area contributed by atoms with E-state index >= 15 is 0 Å². The van der Waals surface area contributed by atoms with E-state index in [-0.39, 0.29) is 28.7 Å². The molecule has 12 heteroatoms. The standard InChI is InChI=1S/C30H26F3N7O2/c31-30(32,33)24-23-25(18-11-13-39(14-12-18)22-17-35-21(15-34)16-36-22)38-40(28(23)37-29(42)27(24)41)26(19-7-3-1-4-8-19)20-9-5-2-6-10-20/h1-10,16-18,24,26-27,41H,11-14H2,(H,37,42). The molecule has 2 aliphatic heterocycles. The number of alkyl halides is 3. The Hall–Kier alpha value is -4.76. The van der Waals surface area contributed by atoms with Crippen molar-refractivity contribution < 1.29 is 23.1 Å². The summed E-state index contributed by atoms with van der Waals surface area (Å²) in [5.74, 6) is -3.39. The van der Waals surface area contributed by atoms with Gasteiger partial charge < -0.3 is 15.3 Å². The van der Waals surface area contributed by atoms with Crippen LogP contribution in [0.1, 0.15) is 58.8 Å². The summed E-state index contributed by atoms with van der Waals surface area (Å²) in [6, 6.07) is 19.8. The normalized spacial score (nSPS) is 19.3. The molecular weight excluding hydrogens is 547 g/mol. The SMILES string of the molecule is N#Cc1cnc(N2CCC(c3nn(C(c4ccccc4)c4ccccc4)c4c3C(C(F)(F)F)C(O)C(=O)N4)CC2)cn1. The number of amides is 1. The van der Waals surface area contributed by atoms with Crippen LogP contribution in [0.2, 0.25) is 0 Å². The lowest BCUT2D eigenvalue weighted by Gasteiger charge is -2.34. The smallest absolute Gasteiger partial charge is 0.382 e. The summed E-state index contributed by atoms with van der Waals surface area (Å²) in [5.41, 5.74) is 1.77. The molecule has 4 aromatic rings. The molecule has 0 aliphatic carbocycles. The fraction of sp³-hybridized carbons (Fsp3) is 0.300. The van der Waals surface area contributed by atoms with Gasteiger partial charge in [-0.3, -0.25) is 4.79 Å². The largest absolute Gasteiger partial charge is 0.398 e.